The average Bonchev–Trinajstić information content (AvgIpc) is 2.96. The van der Waals surface area contributed by atoms with Crippen LogP contribution in [0.25, 0.3) is 5.69 Å². The van der Waals surface area contributed by atoms with Gasteiger partial charge in [0.15, 0.2) is 17.2 Å². The van der Waals surface area contributed by atoms with Crippen molar-refractivity contribution in [2.24, 2.45) is 0 Å². The number of hydrogen-bond donors (Lipinski definition) is 0. The molecule has 0 amide bonds. The maximum atomic E-state index is 11.6. The molecule has 0 aliphatic carbocycles. The zero-order valence-electron chi connectivity index (χ0n) is 11.6. The summed E-state index contributed by atoms with van der Waals surface area (Å²) in [6, 6.07) is 5.44. The van der Waals surface area contributed by atoms with Crippen LogP contribution in [0, 0.1) is 0 Å². The van der Waals surface area contributed by atoms with Crippen molar-refractivity contribution >= 4 is 5.97 Å². The summed E-state index contributed by atoms with van der Waals surface area (Å²) in [5, 5.41) is 0. The highest BCUT2D eigenvalue weighted by molar-refractivity contribution is 5.87. The highest BCUT2D eigenvalue weighted by Gasteiger charge is 2.12. The molecule has 0 fully saturated rings. The van der Waals surface area contributed by atoms with Crippen LogP contribution in [0.5, 0.6) is 11.5 Å². The summed E-state index contributed by atoms with van der Waals surface area (Å²) < 4.78 is 17.0. The Balaban J connectivity index is 2.30. The molecule has 1 heterocycles. The third-order valence-electron chi connectivity index (χ3n) is 2.73. The van der Waals surface area contributed by atoms with Gasteiger partial charge in [-0.3, -0.25) is 0 Å². The second-order valence-electron chi connectivity index (χ2n) is 3.93. The molecule has 6 heteroatoms. The Bertz CT molecular complexity index is 607. The van der Waals surface area contributed by atoms with Gasteiger partial charge in [-0.05, 0) is 19.1 Å². The zero-order chi connectivity index (χ0) is 14.5. The second kappa shape index (κ2) is 6.10. The van der Waals surface area contributed by atoms with Crippen LogP contribution in [0.1, 0.15) is 17.4 Å². The van der Waals surface area contributed by atoms with Crippen molar-refractivity contribution in [2.45, 2.75) is 6.92 Å². The van der Waals surface area contributed by atoms with E-state index in [1.54, 1.807) is 50.4 Å². The quantitative estimate of drug-likeness (QED) is 0.782. The van der Waals surface area contributed by atoms with Gasteiger partial charge in [-0.1, -0.05) is 0 Å². The Hall–Kier alpha value is -2.50. The van der Waals surface area contributed by atoms with Gasteiger partial charge in [0.25, 0.3) is 0 Å². The minimum absolute atomic E-state index is 0.265. The van der Waals surface area contributed by atoms with Crippen LogP contribution in [-0.2, 0) is 4.74 Å². The van der Waals surface area contributed by atoms with E-state index in [1.165, 1.54) is 0 Å². The Morgan fingerprint density at radius 3 is 2.65 bits per heavy atom. The van der Waals surface area contributed by atoms with E-state index in [-0.39, 0.29) is 5.69 Å². The number of aromatic nitrogens is 2. The molecule has 0 radical (unpaired) electrons. The number of nitrogens with zero attached hydrogens (tertiary/aromatic N) is 2. The van der Waals surface area contributed by atoms with Crippen molar-refractivity contribution in [1.29, 1.82) is 0 Å². The maximum Gasteiger partial charge on any atom is 0.358 e. The summed E-state index contributed by atoms with van der Waals surface area (Å²) in [6.07, 6.45) is 3.16. The third-order valence-corrected chi connectivity index (χ3v) is 2.73. The van der Waals surface area contributed by atoms with Crippen molar-refractivity contribution in [3.8, 4) is 17.2 Å². The molecule has 6 nitrogen and oxygen atoms in total. The number of ether oxygens (including phenoxy) is 3. The standard InChI is InChI=1S/C14H16N2O4/c1-4-20-14(17)11-8-16(9-15-11)10-5-6-12(18-2)13(7-10)19-3/h5-9H,4H2,1-3H3. The highest BCUT2D eigenvalue weighted by Crippen LogP contribution is 2.29. The molecule has 0 aliphatic rings. The molecule has 0 saturated heterocycles. The van der Waals surface area contributed by atoms with Crippen molar-refractivity contribution in [3.63, 3.8) is 0 Å². The van der Waals surface area contributed by atoms with Crippen LogP contribution in [0.15, 0.2) is 30.7 Å². The van der Waals surface area contributed by atoms with Gasteiger partial charge in [0.2, 0.25) is 0 Å². The van der Waals surface area contributed by atoms with Gasteiger partial charge in [-0.15, -0.1) is 0 Å². The molecule has 0 N–H and O–H groups in total. The van der Waals surface area contributed by atoms with E-state index in [0.29, 0.717) is 18.1 Å². The van der Waals surface area contributed by atoms with Crippen LogP contribution >= 0.6 is 0 Å². The molecule has 0 unspecified atom stereocenters. The first-order valence-electron chi connectivity index (χ1n) is 6.13. The smallest absolute Gasteiger partial charge is 0.358 e. The Kier molecular flexibility index (Phi) is 4.24. The summed E-state index contributed by atoms with van der Waals surface area (Å²) in [5.41, 5.74) is 1.08. The number of benzene rings is 1. The summed E-state index contributed by atoms with van der Waals surface area (Å²) in [4.78, 5) is 15.6. The number of esters is 1. The van der Waals surface area contributed by atoms with Gasteiger partial charge >= 0.3 is 5.97 Å². The lowest BCUT2D eigenvalue weighted by atomic mass is 10.2. The first-order valence-corrected chi connectivity index (χ1v) is 6.13. The van der Waals surface area contributed by atoms with E-state index < -0.39 is 5.97 Å². The van der Waals surface area contributed by atoms with Crippen molar-refractivity contribution < 1.29 is 19.0 Å². The maximum absolute atomic E-state index is 11.6. The minimum Gasteiger partial charge on any atom is -0.493 e. The molecule has 0 spiro atoms. The van der Waals surface area contributed by atoms with E-state index in [9.17, 15) is 4.79 Å². The van der Waals surface area contributed by atoms with E-state index in [2.05, 4.69) is 4.98 Å². The molecule has 2 rings (SSSR count). The largest absolute Gasteiger partial charge is 0.493 e. The Labute approximate surface area is 116 Å². The number of hydrogen-bond acceptors (Lipinski definition) is 5. The first-order chi connectivity index (χ1) is 9.69. The van der Waals surface area contributed by atoms with Crippen LogP contribution in [0.2, 0.25) is 0 Å². The topological polar surface area (TPSA) is 62.6 Å². The van der Waals surface area contributed by atoms with Crippen LogP contribution in [-0.4, -0.2) is 36.3 Å². The number of rotatable bonds is 5. The molecular weight excluding hydrogens is 260 g/mol. The molecular formula is C14H16N2O4. The average molecular weight is 276 g/mol. The van der Waals surface area contributed by atoms with Crippen molar-refractivity contribution in [3.05, 3.63) is 36.4 Å². The molecule has 1 aromatic heterocycles. The number of carbonyl (C=O) groups excluding carboxylic acids is 1. The van der Waals surface area contributed by atoms with E-state index >= 15 is 0 Å². The van der Waals surface area contributed by atoms with Gasteiger partial charge < -0.3 is 18.8 Å². The number of methoxy groups -OCH3 is 2. The van der Waals surface area contributed by atoms with Gasteiger partial charge in [-0.2, -0.15) is 0 Å². The predicted octanol–water partition coefficient (Wildman–Crippen LogP) is 2.07. The highest BCUT2D eigenvalue weighted by atomic mass is 16.5. The monoisotopic (exact) mass is 276 g/mol. The SMILES string of the molecule is CCOC(=O)c1cn(-c2ccc(OC)c(OC)c2)cn1. The van der Waals surface area contributed by atoms with Crippen molar-refractivity contribution in [2.75, 3.05) is 20.8 Å². The Morgan fingerprint density at radius 2 is 2.00 bits per heavy atom. The van der Waals surface area contributed by atoms with E-state index in [0.717, 1.165) is 5.69 Å². The molecule has 2 aromatic rings. The third kappa shape index (κ3) is 2.74. The summed E-state index contributed by atoms with van der Waals surface area (Å²) in [5.74, 6) is 0.810. The zero-order valence-corrected chi connectivity index (χ0v) is 11.6. The Morgan fingerprint density at radius 1 is 1.25 bits per heavy atom. The lowest BCUT2D eigenvalue weighted by Crippen LogP contribution is -2.04. The lowest BCUT2D eigenvalue weighted by Gasteiger charge is -2.09. The van der Waals surface area contributed by atoms with Gasteiger partial charge in [0.05, 0.1) is 26.5 Å². The molecule has 106 valence electrons. The van der Waals surface area contributed by atoms with Gasteiger partial charge in [-0.25, -0.2) is 9.78 Å². The molecule has 0 saturated carbocycles. The fraction of sp³-hybridized carbons (Fsp3) is 0.286. The molecule has 0 atom stereocenters. The van der Waals surface area contributed by atoms with Crippen molar-refractivity contribution in [1.82, 2.24) is 9.55 Å². The molecule has 20 heavy (non-hydrogen) atoms. The fourth-order valence-corrected chi connectivity index (χ4v) is 1.76. The van der Waals surface area contributed by atoms with Crippen LogP contribution < -0.4 is 9.47 Å². The summed E-state index contributed by atoms with van der Waals surface area (Å²) in [7, 11) is 3.15. The van der Waals surface area contributed by atoms with E-state index in [4.69, 9.17) is 14.2 Å². The first kappa shape index (κ1) is 13.9. The second-order valence-corrected chi connectivity index (χ2v) is 3.93. The lowest BCUT2D eigenvalue weighted by molar-refractivity contribution is 0.0520. The molecule has 0 aliphatic heterocycles. The summed E-state index contributed by atoms with van der Waals surface area (Å²) in [6.45, 7) is 2.07. The van der Waals surface area contributed by atoms with E-state index in [1.807, 2.05) is 6.07 Å². The van der Waals surface area contributed by atoms with Crippen LogP contribution in [0.3, 0.4) is 0 Å². The summed E-state index contributed by atoms with van der Waals surface area (Å²) >= 11 is 0. The number of imidazole rings is 1. The fourth-order valence-electron chi connectivity index (χ4n) is 1.76. The van der Waals surface area contributed by atoms with Gasteiger partial charge in [0.1, 0.15) is 6.33 Å². The molecule has 0 bridgehead atoms. The minimum atomic E-state index is -0.438. The normalized spacial score (nSPS) is 10.2. The van der Waals surface area contributed by atoms with Gasteiger partial charge in [0, 0.05) is 12.3 Å². The number of carbonyl (C=O) groups is 1. The van der Waals surface area contributed by atoms with Crippen LogP contribution in [0.4, 0.5) is 0 Å². The molecule has 1 aromatic carbocycles. The predicted molar refractivity (Wildman–Crippen MR) is 72.6 cm³/mol.